The average molecular weight is 282 g/mol. The minimum Gasteiger partial charge on any atom is -0.463 e. The van der Waals surface area contributed by atoms with Gasteiger partial charge in [-0.2, -0.15) is 0 Å². The largest absolute Gasteiger partial charge is 0.463 e. The molecule has 1 amide bonds. The molecule has 0 radical (unpaired) electrons. The summed E-state index contributed by atoms with van der Waals surface area (Å²) < 4.78 is 5.34. The van der Waals surface area contributed by atoms with Crippen LogP contribution in [0.5, 0.6) is 0 Å². The maximum Gasteiger partial charge on any atom is 0.223 e. The van der Waals surface area contributed by atoms with Gasteiger partial charge in [-0.3, -0.25) is 9.78 Å². The summed E-state index contributed by atoms with van der Waals surface area (Å²) in [4.78, 5) is 16.4. The predicted octanol–water partition coefficient (Wildman–Crippen LogP) is 3.31. The lowest BCUT2D eigenvalue weighted by molar-refractivity contribution is -0.125. The Morgan fingerprint density at radius 2 is 2.33 bits per heavy atom. The molecule has 1 aliphatic carbocycles. The van der Waals surface area contributed by atoms with Crippen LogP contribution in [0.2, 0.25) is 0 Å². The summed E-state index contributed by atoms with van der Waals surface area (Å²) >= 11 is 0. The van der Waals surface area contributed by atoms with Crippen LogP contribution in [0.25, 0.3) is 11.5 Å². The molecule has 0 spiro atoms. The highest BCUT2D eigenvalue weighted by atomic mass is 16.3. The summed E-state index contributed by atoms with van der Waals surface area (Å²) in [6.07, 6.45) is 10.4. The van der Waals surface area contributed by atoms with Crippen LogP contribution < -0.4 is 5.32 Å². The summed E-state index contributed by atoms with van der Waals surface area (Å²) in [5, 5.41) is 3.01. The van der Waals surface area contributed by atoms with E-state index in [2.05, 4.69) is 22.5 Å². The van der Waals surface area contributed by atoms with Gasteiger partial charge < -0.3 is 9.73 Å². The van der Waals surface area contributed by atoms with Crippen molar-refractivity contribution in [2.75, 3.05) is 0 Å². The number of carbonyl (C=O) groups is 1. The third-order valence-electron chi connectivity index (χ3n) is 3.70. The molecule has 1 N–H and O–H groups in total. The van der Waals surface area contributed by atoms with Gasteiger partial charge >= 0.3 is 0 Å². The Hall–Kier alpha value is -2.36. The Labute approximate surface area is 123 Å². The number of allylic oxidation sites excluding steroid dienone is 2. The molecular formula is C17H18N2O2. The summed E-state index contributed by atoms with van der Waals surface area (Å²) in [7, 11) is 0. The van der Waals surface area contributed by atoms with Crippen LogP contribution >= 0.6 is 0 Å². The zero-order valence-corrected chi connectivity index (χ0v) is 11.8. The van der Waals surface area contributed by atoms with E-state index in [-0.39, 0.29) is 11.8 Å². The van der Waals surface area contributed by atoms with Crippen LogP contribution in [0.15, 0.2) is 53.3 Å². The highest BCUT2D eigenvalue weighted by Crippen LogP contribution is 2.19. The van der Waals surface area contributed by atoms with Crippen molar-refractivity contribution in [2.45, 2.75) is 25.8 Å². The minimum absolute atomic E-state index is 0.112. The van der Waals surface area contributed by atoms with Crippen molar-refractivity contribution in [1.82, 2.24) is 10.3 Å². The maximum atomic E-state index is 12.1. The fraction of sp³-hybridized carbons (Fsp3) is 0.294. The zero-order chi connectivity index (χ0) is 14.5. The number of rotatable bonds is 4. The van der Waals surface area contributed by atoms with E-state index >= 15 is 0 Å². The quantitative estimate of drug-likeness (QED) is 0.875. The van der Waals surface area contributed by atoms with Crippen molar-refractivity contribution >= 4 is 5.91 Å². The van der Waals surface area contributed by atoms with Gasteiger partial charge in [-0.1, -0.05) is 12.2 Å². The molecule has 1 unspecified atom stereocenters. The number of hydrogen-bond acceptors (Lipinski definition) is 3. The van der Waals surface area contributed by atoms with Crippen LogP contribution in [-0.2, 0) is 11.3 Å². The maximum absolute atomic E-state index is 12.1. The third-order valence-corrected chi connectivity index (χ3v) is 3.70. The number of pyridine rings is 1. The molecule has 108 valence electrons. The standard InChI is InChI=1S/C17H18N2O2/c20-17(14-5-2-1-3-6-14)19-12-13-8-9-18-15(11-13)16-7-4-10-21-16/h1-2,4,7-11,14H,3,5-6,12H2,(H,19,20). The molecule has 3 rings (SSSR count). The van der Waals surface area contributed by atoms with Gasteiger partial charge in [0.15, 0.2) is 5.76 Å². The minimum atomic E-state index is 0.112. The molecule has 0 saturated heterocycles. The first-order chi connectivity index (χ1) is 10.3. The van der Waals surface area contributed by atoms with Crippen LogP contribution in [0, 0.1) is 5.92 Å². The molecule has 0 bridgehead atoms. The van der Waals surface area contributed by atoms with E-state index in [1.807, 2.05) is 24.3 Å². The summed E-state index contributed by atoms with van der Waals surface area (Å²) in [5.74, 6) is 0.984. The van der Waals surface area contributed by atoms with Crippen molar-refractivity contribution in [1.29, 1.82) is 0 Å². The molecule has 4 nitrogen and oxygen atoms in total. The second-order valence-electron chi connectivity index (χ2n) is 5.23. The van der Waals surface area contributed by atoms with Crippen molar-refractivity contribution in [3.63, 3.8) is 0 Å². The Morgan fingerprint density at radius 1 is 1.38 bits per heavy atom. The normalized spacial score (nSPS) is 17.6. The number of carbonyl (C=O) groups excluding carboxylic acids is 1. The fourth-order valence-electron chi connectivity index (χ4n) is 2.51. The molecule has 0 aliphatic heterocycles. The average Bonchev–Trinajstić information content (AvgIpc) is 3.08. The second kappa shape index (κ2) is 6.39. The highest BCUT2D eigenvalue weighted by molar-refractivity contribution is 5.79. The number of hydrogen-bond donors (Lipinski definition) is 1. The number of nitrogens with one attached hydrogen (secondary N) is 1. The van der Waals surface area contributed by atoms with Crippen LogP contribution in [0.4, 0.5) is 0 Å². The van der Waals surface area contributed by atoms with E-state index in [1.165, 1.54) is 0 Å². The lowest BCUT2D eigenvalue weighted by Gasteiger charge is -2.17. The van der Waals surface area contributed by atoms with Gasteiger partial charge in [0, 0.05) is 18.7 Å². The van der Waals surface area contributed by atoms with E-state index in [0.29, 0.717) is 6.54 Å². The number of aromatic nitrogens is 1. The Balaban J connectivity index is 1.61. The molecule has 2 aromatic rings. The Kier molecular flexibility index (Phi) is 4.15. The molecule has 1 aliphatic rings. The first kappa shape index (κ1) is 13.6. The lowest BCUT2D eigenvalue weighted by atomic mass is 9.93. The van der Waals surface area contributed by atoms with Gasteiger partial charge in [0.05, 0.1) is 6.26 Å². The Morgan fingerprint density at radius 3 is 3.10 bits per heavy atom. The second-order valence-corrected chi connectivity index (χ2v) is 5.23. The van der Waals surface area contributed by atoms with Crippen molar-refractivity contribution in [3.8, 4) is 11.5 Å². The van der Waals surface area contributed by atoms with Gasteiger partial charge in [0.25, 0.3) is 0 Å². The lowest BCUT2D eigenvalue weighted by Crippen LogP contribution is -2.30. The molecule has 2 heterocycles. The monoisotopic (exact) mass is 282 g/mol. The van der Waals surface area contributed by atoms with Gasteiger partial charge in [-0.15, -0.1) is 0 Å². The molecule has 0 saturated carbocycles. The summed E-state index contributed by atoms with van der Waals surface area (Å²) in [6.45, 7) is 0.523. The molecule has 1 atom stereocenters. The van der Waals surface area contributed by atoms with Crippen LogP contribution in [0.1, 0.15) is 24.8 Å². The smallest absolute Gasteiger partial charge is 0.223 e. The molecule has 4 heteroatoms. The highest BCUT2D eigenvalue weighted by Gasteiger charge is 2.18. The number of furan rings is 1. The van der Waals surface area contributed by atoms with Crippen molar-refractivity contribution in [2.24, 2.45) is 5.92 Å². The predicted molar refractivity (Wildman–Crippen MR) is 80.3 cm³/mol. The van der Waals surface area contributed by atoms with E-state index in [1.54, 1.807) is 12.5 Å². The van der Waals surface area contributed by atoms with E-state index < -0.39 is 0 Å². The fourth-order valence-corrected chi connectivity index (χ4v) is 2.51. The number of amides is 1. The molecule has 21 heavy (non-hydrogen) atoms. The van der Waals surface area contributed by atoms with Gasteiger partial charge in [0.2, 0.25) is 5.91 Å². The van der Waals surface area contributed by atoms with Crippen LogP contribution in [0.3, 0.4) is 0 Å². The first-order valence-electron chi connectivity index (χ1n) is 7.24. The summed E-state index contributed by atoms with van der Waals surface area (Å²) in [5.41, 5.74) is 1.81. The topological polar surface area (TPSA) is 55.1 Å². The van der Waals surface area contributed by atoms with Crippen molar-refractivity contribution in [3.05, 3.63) is 54.4 Å². The SMILES string of the molecule is O=C(NCc1ccnc(-c2ccco2)c1)C1CC=CCC1. The van der Waals surface area contributed by atoms with Gasteiger partial charge in [0.1, 0.15) is 5.69 Å². The first-order valence-corrected chi connectivity index (χ1v) is 7.24. The summed E-state index contributed by atoms with van der Waals surface area (Å²) in [6, 6.07) is 7.56. The molecular weight excluding hydrogens is 264 g/mol. The molecule has 0 fully saturated rings. The van der Waals surface area contributed by atoms with E-state index in [9.17, 15) is 4.79 Å². The number of nitrogens with zero attached hydrogens (tertiary/aromatic N) is 1. The van der Waals surface area contributed by atoms with Crippen LogP contribution in [-0.4, -0.2) is 10.9 Å². The molecule has 0 aromatic carbocycles. The Bertz CT molecular complexity index is 632. The zero-order valence-electron chi connectivity index (χ0n) is 11.8. The van der Waals surface area contributed by atoms with Crippen molar-refractivity contribution < 1.29 is 9.21 Å². The molecule has 2 aromatic heterocycles. The van der Waals surface area contributed by atoms with E-state index in [4.69, 9.17) is 4.42 Å². The van der Waals surface area contributed by atoms with Gasteiger partial charge in [-0.05, 0) is 49.1 Å². The third kappa shape index (κ3) is 3.40. The van der Waals surface area contributed by atoms with Gasteiger partial charge in [-0.25, -0.2) is 0 Å². The van der Waals surface area contributed by atoms with E-state index in [0.717, 1.165) is 36.3 Å².